The first kappa shape index (κ1) is 28.0. The highest BCUT2D eigenvalue weighted by Gasteiger charge is 2.33. The van der Waals surface area contributed by atoms with E-state index in [1.807, 2.05) is 44.2 Å². The Morgan fingerprint density at radius 3 is 2.34 bits per heavy atom. The van der Waals surface area contributed by atoms with Crippen LogP contribution < -0.4 is 10.1 Å². The number of ether oxygens (including phenoxy) is 1. The second-order valence-corrected chi connectivity index (χ2v) is 11.9. The number of rotatable bonds is 8. The van der Waals surface area contributed by atoms with Gasteiger partial charge < -0.3 is 10.1 Å². The van der Waals surface area contributed by atoms with E-state index in [-0.39, 0.29) is 27.9 Å². The highest BCUT2D eigenvalue weighted by molar-refractivity contribution is 7.89. The summed E-state index contributed by atoms with van der Waals surface area (Å²) in [4.78, 5) is 23.9. The van der Waals surface area contributed by atoms with Gasteiger partial charge in [-0.25, -0.2) is 8.42 Å². The molecule has 5 rings (SSSR count). The minimum Gasteiger partial charge on any atom is -0.437 e. The maximum Gasteiger partial charge on any atom is 0.276 e. The second kappa shape index (κ2) is 11.1. The number of benzene rings is 3. The number of carbonyl (C=O) groups excluding carboxylic acids is 1. The number of nitro groups is 1. The molecule has 1 amide bonds. The minimum absolute atomic E-state index is 0.0768. The number of nitro benzene ring substituents is 1. The largest absolute Gasteiger partial charge is 0.437 e. The summed E-state index contributed by atoms with van der Waals surface area (Å²) in [5.41, 5.74) is 3.21. The summed E-state index contributed by atoms with van der Waals surface area (Å²) >= 11 is 0. The van der Waals surface area contributed by atoms with Crippen molar-refractivity contribution in [2.24, 2.45) is 0 Å². The number of sulfonamides is 1. The fraction of sp³-hybridized carbons (Fsp3) is 0.241. The molecule has 0 unspecified atom stereocenters. The zero-order valence-corrected chi connectivity index (χ0v) is 23.6. The van der Waals surface area contributed by atoms with Crippen LogP contribution >= 0.6 is 0 Å². The fourth-order valence-corrected chi connectivity index (χ4v) is 6.31. The Bertz CT molecular complexity index is 1740. The van der Waals surface area contributed by atoms with E-state index in [0.29, 0.717) is 42.9 Å². The third-order valence-electron chi connectivity index (χ3n) is 6.87. The van der Waals surface area contributed by atoms with Gasteiger partial charge in [0.1, 0.15) is 10.6 Å². The highest BCUT2D eigenvalue weighted by Crippen LogP contribution is 2.37. The molecule has 0 bridgehead atoms. The van der Waals surface area contributed by atoms with E-state index >= 15 is 0 Å². The first-order valence-electron chi connectivity index (χ1n) is 13.1. The lowest BCUT2D eigenvalue weighted by atomic mass is 10.2. The molecule has 0 saturated carbocycles. The van der Waals surface area contributed by atoms with Gasteiger partial charge in [-0.3, -0.25) is 14.9 Å². The van der Waals surface area contributed by atoms with E-state index in [9.17, 15) is 23.3 Å². The highest BCUT2D eigenvalue weighted by atomic mass is 32.2. The van der Waals surface area contributed by atoms with Gasteiger partial charge in [0.05, 0.1) is 10.6 Å². The van der Waals surface area contributed by atoms with Crippen LogP contribution in [0.25, 0.3) is 5.69 Å². The quantitative estimate of drug-likeness (QED) is 0.215. The van der Waals surface area contributed by atoms with Crippen molar-refractivity contribution in [3.63, 3.8) is 0 Å². The van der Waals surface area contributed by atoms with E-state index < -0.39 is 20.9 Å². The van der Waals surface area contributed by atoms with Gasteiger partial charge in [-0.15, -0.1) is 0 Å². The molecule has 1 N–H and O–H groups in total. The monoisotopic (exact) mass is 575 g/mol. The molecule has 3 aromatic carbocycles. The number of nitrogens with one attached hydrogen (secondary N) is 1. The lowest BCUT2D eigenvalue weighted by Crippen LogP contribution is -2.28. The summed E-state index contributed by atoms with van der Waals surface area (Å²) in [5, 5.41) is 18.9. The maximum atomic E-state index is 13.6. The van der Waals surface area contributed by atoms with Crippen molar-refractivity contribution < 1.29 is 22.9 Å². The molecule has 12 heteroatoms. The summed E-state index contributed by atoms with van der Waals surface area (Å²) < 4.78 is 36.1. The molecule has 41 heavy (non-hydrogen) atoms. The van der Waals surface area contributed by atoms with Gasteiger partial charge in [0.25, 0.3) is 11.6 Å². The Hall–Kier alpha value is -4.55. The predicted octanol–water partition coefficient (Wildman–Crippen LogP) is 5.53. The number of aromatic nitrogens is 2. The molecular weight excluding hydrogens is 546 g/mol. The van der Waals surface area contributed by atoms with Crippen LogP contribution in [0, 0.1) is 30.9 Å². The number of hydrogen-bond donors (Lipinski definition) is 1. The van der Waals surface area contributed by atoms with Gasteiger partial charge in [0.15, 0.2) is 5.69 Å². The first-order valence-corrected chi connectivity index (χ1v) is 14.5. The van der Waals surface area contributed by atoms with E-state index in [2.05, 4.69) is 10.4 Å². The lowest BCUT2D eigenvalue weighted by molar-refractivity contribution is -0.385. The number of nitrogens with zero attached hydrogens (tertiary/aromatic N) is 4. The molecule has 1 fully saturated rings. The summed E-state index contributed by atoms with van der Waals surface area (Å²) in [6.45, 7) is 6.12. The molecule has 212 valence electrons. The number of amides is 1. The van der Waals surface area contributed by atoms with Crippen LogP contribution in [0.15, 0.2) is 71.6 Å². The van der Waals surface area contributed by atoms with Gasteiger partial charge >= 0.3 is 0 Å². The smallest absolute Gasteiger partial charge is 0.276 e. The SMILES string of the molecule is Cc1ccc(-n2nc(C(=O)Nc3cccc(C)c3)c(C)c2Oc2ccc([N+](=O)[O-])cc2S(=O)(=O)N2CCCC2)cc1. The van der Waals surface area contributed by atoms with Crippen LogP contribution in [0.4, 0.5) is 11.4 Å². The molecule has 4 aromatic rings. The molecule has 11 nitrogen and oxygen atoms in total. The van der Waals surface area contributed by atoms with E-state index in [4.69, 9.17) is 4.74 Å². The summed E-state index contributed by atoms with van der Waals surface area (Å²) in [5.74, 6) is -0.475. The molecule has 1 aromatic heterocycles. The van der Waals surface area contributed by atoms with E-state index in [1.54, 1.807) is 25.1 Å². The van der Waals surface area contributed by atoms with Crippen molar-refractivity contribution >= 4 is 27.3 Å². The summed E-state index contributed by atoms with van der Waals surface area (Å²) in [6, 6.07) is 18.1. The Labute approximate surface area is 237 Å². The number of carbonyl (C=O) groups is 1. The molecule has 1 aliphatic heterocycles. The van der Waals surface area contributed by atoms with Gasteiger partial charge in [-0.2, -0.15) is 14.1 Å². The van der Waals surface area contributed by atoms with Crippen LogP contribution in [-0.4, -0.2) is 46.4 Å². The molecule has 1 saturated heterocycles. The van der Waals surface area contributed by atoms with E-state index in [1.165, 1.54) is 21.1 Å². The zero-order valence-electron chi connectivity index (χ0n) is 22.8. The van der Waals surface area contributed by atoms with Crippen molar-refractivity contribution in [1.82, 2.24) is 14.1 Å². The third-order valence-corrected chi connectivity index (χ3v) is 8.79. The molecule has 0 spiro atoms. The Balaban J connectivity index is 1.62. The number of aryl methyl sites for hydroxylation is 2. The molecule has 2 heterocycles. The zero-order chi connectivity index (χ0) is 29.3. The van der Waals surface area contributed by atoms with Crippen LogP contribution in [0.3, 0.4) is 0 Å². The molecule has 0 aliphatic carbocycles. The maximum absolute atomic E-state index is 13.6. The third kappa shape index (κ3) is 5.70. The van der Waals surface area contributed by atoms with Crippen molar-refractivity contribution in [2.45, 2.75) is 38.5 Å². The average molecular weight is 576 g/mol. The van der Waals surface area contributed by atoms with Crippen molar-refractivity contribution in [1.29, 1.82) is 0 Å². The standard InChI is InChI=1S/C29H29N5O6S/c1-19-9-11-23(12-10-19)33-29(21(3)27(31-33)28(35)30-22-8-6-7-20(2)17-22)40-25-14-13-24(34(36)37)18-26(25)41(38,39)32-15-4-5-16-32/h6-14,17-18H,4-5,15-16H2,1-3H3,(H,30,35). The van der Waals surface area contributed by atoms with Crippen LogP contribution in [0.1, 0.15) is 40.0 Å². The van der Waals surface area contributed by atoms with Gasteiger partial charge in [0, 0.05) is 36.5 Å². The first-order chi connectivity index (χ1) is 19.5. The van der Waals surface area contributed by atoms with Crippen LogP contribution in [0.5, 0.6) is 11.6 Å². The van der Waals surface area contributed by atoms with Crippen LogP contribution in [0.2, 0.25) is 0 Å². The molecule has 0 radical (unpaired) electrons. The molecular formula is C29H29N5O6S. The fourth-order valence-electron chi connectivity index (χ4n) is 4.66. The average Bonchev–Trinajstić information content (AvgIpc) is 3.59. The van der Waals surface area contributed by atoms with Crippen LogP contribution in [-0.2, 0) is 10.0 Å². The summed E-state index contributed by atoms with van der Waals surface area (Å²) in [7, 11) is -4.10. The van der Waals surface area contributed by atoms with Crippen molar-refractivity contribution in [2.75, 3.05) is 18.4 Å². The summed E-state index contributed by atoms with van der Waals surface area (Å²) in [6.07, 6.45) is 1.39. The van der Waals surface area contributed by atoms with Gasteiger partial charge in [-0.05, 0) is 69.5 Å². The van der Waals surface area contributed by atoms with Gasteiger partial charge in [0.2, 0.25) is 15.9 Å². The Morgan fingerprint density at radius 1 is 0.976 bits per heavy atom. The van der Waals surface area contributed by atoms with E-state index in [0.717, 1.165) is 17.2 Å². The topological polar surface area (TPSA) is 137 Å². The van der Waals surface area contributed by atoms with Gasteiger partial charge in [-0.1, -0.05) is 29.8 Å². The minimum atomic E-state index is -4.10. The second-order valence-electron chi connectivity index (χ2n) is 9.95. The molecule has 0 atom stereocenters. The normalized spacial score (nSPS) is 13.7. The Morgan fingerprint density at radius 2 is 1.68 bits per heavy atom. The van der Waals surface area contributed by atoms with Crippen molar-refractivity contribution in [3.8, 4) is 17.3 Å². The number of anilines is 1. The predicted molar refractivity (Wildman–Crippen MR) is 153 cm³/mol. The lowest BCUT2D eigenvalue weighted by Gasteiger charge is -2.18. The number of non-ortho nitro benzene ring substituents is 1. The molecule has 1 aliphatic rings. The van der Waals surface area contributed by atoms with Crippen molar-refractivity contribution in [3.05, 3.63) is 99.2 Å². The number of hydrogen-bond acceptors (Lipinski definition) is 7. The Kier molecular flexibility index (Phi) is 7.61.